The van der Waals surface area contributed by atoms with Crippen LogP contribution in [0.25, 0.3) is 16.8 Å². The largest absolute Gasteiger partial charge is 0.489 e. The highest BCUT2D eigenvalue weighted by Crippen LogP contribution is 2.39. The van der Waals surface area contributed by atoms with E-state index in [-0.39, 0.29) is 5.75 Å². The summed E-state index contributed by atoms with van der Waals surface area (Å²) in [7, 11) is -3.38. The van der Waals surface area contributed by atoms with Crippen molar-refractivity contribution < 1.29 is 13.2 Å². The number of ether oxygens (including phenoxy) is 1. The molecule has 1 saturated carbocycles. The number of aromatic nitrogens is 2. The molecule has 1 fully saturated rings. The molecule has 1 aliphatic carbocycles. The van der Waals surface area contributed by atoms with Gasteiger partial charge in [-0.15, -0.1) is 0 Å². The van der Waals surface area contributed by atoms with Crippen LogP contribution in [0.5, 0.6) is 5.75 Å². The molecule has 0 saturated heterocycles. The van der Waals surface area contributed by atoms with Gasteiger partial charge >= 0.3 is 0 Å². The maximum atomic E-state index is 12.2. The first kappa shape index (κ1) is 23.4. The number of nitrogens with one attached hydrogen (secondary N) is 1. The third-order valence-corrected chi connectivity index (χ3v) is 8.05. The molecule has 0 atom stereocenters. The molecule has 6 nitrogen and oxygen atoms in total. The Labute approximate surface area is 207 Å². The van der Waals surface area contributed by atoms with Gasteiger partial charge < -0.3 is 9.14 Å². The van der Waals surface area contributed by atoms with Crippen LogP contribution in [0.4, 0.5) is 5.69 Å². The van der Waals surface area contributed by atoms with Crippen molar-refractivity contribution in [2.24, 2.45) is 0 Å². The summed E-state index contributed by atoms with van der Waals surface area (Å²) in [6.07, 6.45) is 9.76. The van der Waals surface area contributed by atoms with E-state index in [0.29, 0.717) is 23.9 Å². The first-order valence-corrected chi connectivity index (χ1v) is 14.0. The minimum atomic E-state index is -3.38. The van der Waals surface area contributed by atoms with E-state index in [2.05, 4.69) is 33.4 Å². The normalized spacial score (nSPS) is 14.8. The third kappa shape index (κ3) is 5.20. The Kier molecular flexibility index (Phi) is 6.77. The molecule has 0 radical (unpaired) electrons. The molecule has 5 rings (SSSR count). The zero-order chi connectivity index (χ0) is 24.3. The first-order chi connectivity index (χ1) is 17.0. The van der Waals surface area contributed by atoms with Crippen molar-refractivity contribution in [3.63, 3.8) is 0 Å². The molecular formula is C28H31N3O3S. The van der Waals surface area contributed by atoms with Crippen molar-refractivity contribution in [3.8, 4) is 16.9 Å². The first-order valence-electron chi connectivity index (χ1n) is 12.3. The number of hydrogen-bond donors (Lipinski definition) is 1. The van der Waals surface area contributed by atoms with Gasteiger partial charge in [0, 0.05) is 29.6 Å². The fourth-order valence-electron chi connectivity index (χ4n) is 4.88. The van der Waals surface area contributed by atoms with Gasteiger partial charge in [0.2, 0.25) is 10.0 Å². The standard InChI is InChI=1S/C28H31N3O3S/c1-2-35(32,33)30-26-17-18-31-27(23-11-7-4-8-12-23)25(19-29-28(26)31)22-13-15-24(16-14-22)34-20-21-9-5-3-6-10-21/h3,5-6,9-10,13-19,23,30H,2,4,7-8,11-12,20H2,1H3. The van der Waals surface area contributed by atoms with E-state index in [4.69, 9.17) is 9.72 Å². The van der Waals surface area contributed by atoms with Crippen LogP contribution in [0.2, 0.25) is 0 Å². The number of sulfonamides is 1. The summed E-state index contributed by atoms with van der Waals surface area (Å²) < 4.78 is 35.1. The number of fused-ring (bicyclic) bond motifs is 1. The molecule has 0 aliphatic heterocycles. The number of anilines is 1. The Morgan fingerprint density at radius 3 is 2.46 bits per heavy atom. The van der Waals surface area contributed by atoms with Gasteiger partial charge in [0.25, 0.3) is 0 Å². The second kappa shape index (κ2) is 10.1. The Bertz CT molecular complexity index is 1390. The molecule has 0 spiro atoms. The molecule has 0 bridgehead atoms. The summed E-state index contributed by atoms with van der Waals surface area (Å²) in [5.41, 5.74) is 5.67. The van der Waals surface area contributed by atoms with Crippen LogP contribution in [0.15, 0.2) is 73.1 Å². The van der Waals surface area contributed by atoms with Crippen molar-refractivity contribution in [1.29, 1.82) is 0 Å². The van der Waals surface area contributed by atoms with Crippen molar-refractivity contribution in [1.82, 2.24) is 9.38 Å². The van der Waals surface area contributed by atoms with Crippen LogP contribution in [-0.2, 0) is 16.6 Å². The van der Waals surface area contributed by atoms with Crippen LogP contribution in [0.1, 0.15) is 56.2 Å². The van der Waals surface area contributed by atoms with Gasteiger partial charge in [-0.05, 0) is 49.1 Å². The Morgan fingerprint density at radius 2 is 1.74 bits per heavy atom. The van der Waals surface area contributed by atoms with Crippen LogP contribution in [0, 0.1) is 0 Å². The Hall–Kier alpha value is -3.32. The van der Waals surface area contributed by atoms with Crippen molar-refractivity contribution >= 4 is 21.4 Å². The predicted molar refractivity (Wildman–Crippen MR) is 140 cm³/mol. The summed E-state index contributed by atoms with van der Waals surface area (Å²) in [5, 5.41) is 0. The quantitative estimate of drug-likeness (QED) is 0.311. The van der Waals surface area contributed by atoms with Gasteiger partial charge in [-0.3, -0.25) is 4.72 Å². The predicted octanol–water partition coefficient (Wildman–Crippen LogP) is 6.39. The van der Waals surface area contributed by atoms with E-state index in [1.807, 2.05) is 48.8 Å². The molecule has 0 amide bonds. The fourth-order valence-corrected chi connectivity index (χ4v) is 5.52. The molecule has 4 aromatic rings. The minimum Gasteiger partial charge on any atom is -0.489 e. The Balaban J connectivity index is 1.49. The summed E-state index contributed by atoms with van der Waals surface area (Å²) in [4.78, 5) is 4.69. The molecule has 2 aromatic heterocycles. The second-order valence-corrected chi connectivity index (χ2v) is 11.1. The summed E-state index contributed by atoms with van der Waals surface area (Å²) >= 11 is 0. The fraction of sp³-hybridized carbons (Fsp3) is 0.321. The average molecular weight is 490 g/mol. The van der Waals surface area contributed by atoms with E-state index < -0.39 is 10.0 Å². The van der Waals surface area contributed by atoms with Gasteiger partial charge in [-0.25, -0.2) is 13.4 Å². The SMILES string of the molecule is CCS(=O)(=O)Nc1ccn2c(C3CCCCC3)c(-c3ccc(OCc4ccccc4)cc3)cnc12. The average Bonchev–Trinajstić information content (AvgIpc) is 3.30. The molecule has 35 heavy (non-hydrogen) atoms. The van der Waals surface area contributed by atoms with E-state index in [1.165, 1.54) is 25.0 Å². The second-order valence-electron chi connectivity index (χ2n) is 9.12. The number of benzene rings is 2. The smallest absolute Gasteiger partial charge is 0.232 e. The van der Waals surface area contributed by atoms with Crippen molar-refractivity contribution in [2.45, 2.75) is 51.6 Å². The molecule has 2 heterocycles. The van der Waals surface area contributed by atoms with Crippen molar-refractivity contribution in [2.75, 3.05) is 10.5 Å². The summed E-state index contributed by atoms with van der Waals surface area (Å²) in [5.74, 6) is 1.25. The lowest BCUT2D eigenvalue weighted by molar-refractivity contribution is 0.306. The van der Waals surface area contributed by atoms with E-state index in [0.717, 1.165) is 35.3 Å². The summed E-state index contributed by atoms with van der Waals surface area (Å²) in [6, 6.07) is 20.1. The molecule has 1 N–H and O–H groups in total. The Morgan fingerprint density at radius 1 is 1.00 bits per heavy atom. The van der Waals surface area contributed by atoms with Crippen LogP contribution in [0.3, 0.4) is 0 Å². The van der Waals surface area contributed by atoms with Gasteiger partial charge in [0.15, 0.2) is 5.65 Å². The maximum Gasteiger partial charge on any atom is 0.232 e. The lowest BCUT2D eigenvalue weighted by Crippen LogP contribution is -2.15. The molecule has 7 heteroatoms. The monoisotopic (exact) mass is 489 g/mol. The van der Waals surface area contributed by atoms with Gasteiger partial charge in [0.1, 0.15) is 12.4 Å². The van der Waals surface area contributed by atoms with E-state index >= 15 is 0 Å². The number of nitrogens with zero attached hydrogens (tertiary/aromatic N) is 2. The van der Waals surface area contributed by atoms with Crippen LogP contribution < -0.4 is 9.46 Å². The zero-order valence-electron chi connectivity index (χ0n) is 20.0. The van der Waals surface area contributed by atoms with Crippen LogP contribution in [-0.4, -0.2) is 23.6 Å². The van der Waals surface area contributed by atoms with E-state index in [9.17, 15) is 8.42 Å². The zero-order valence-corrected chi connectivity index (χ0v) is 20.8. The molecule has 1 aliphatic rings. The van der Waals surface area contributed by atoms with Crippen LogP contribution >= 0.6 is 0 Å². The highest BCUT2D eigenvalue weighted by atomic mass is 32.2. The summed E-state index contributed by atoms with van der Waals surface area (Å²) in [6.45, 7) is 2.16. The highest BCUT2D eigenvalue weighted by molar-refractivity contribution is 7.92. The minimum absolute atomic E-state index is 0.0244. The van der Waals surface area contributed by atoms with Gasteiger partial charge in [-0.2, -0.15) is 0 Å². The molecule has 2 aromatic carbocycles. The highest BCUT2D eigenvalue weighted by Gasteiger charge is 2.24. The maximum absolute atomic E-state index is 12.2. The molecule has 0 unspecified atom stereocenters. The number of rotatable bonds is 8. The van der Waals surface area contributed by atoms with Gasteiger partial charge in [-0.1, -0.05) is 61.7 Å². The van der Waals surface area contributed by atoms with Crippen molar-refractivity contribution in [3.05, 3.63) is 84.3 Å². The molecular weight excluding hydrogens is 458 g/mol. The lowest BCUT2D eigenvalue weighted by Gasteiger charge is -2.25. The number of hydrogen-bond acceptors (Lipinski definition) is 4. The third-order valence-electron chi connectivity index (χ3n) is 6.76. The van der Waals surface area contributed by atoms with E-state index in [1.54, 1.807) is 6.92 Å². The lowest BCUT2D eigenvalue weighted by atomic mass is 9.84. The molecule has 182 valence electrons. The topological polar surface area (TPSA) is 72.7 Å². The van der Waals surface area contributed by atoms with Gasteiger partial charge in [0.05, 0.1) is 11.4 Å².